The van der Waals surface area contributed by atoms with Crippen LogP contribution in [-0.2, 0) is 5.41 Å². The molecule has 30 heavy (non-hydrogen) atoms. The molecule has 148 valence electrons. The lowest BCUT2D eigenvalue weighted by Gasteiger charge is -2.34. The summed E-state index contributed by atoms with van der Waals surface area (Å²) in [4.78, 5) is 0. The number of ether oxygens (including phenoxy) is 1. The topological polar surface area (TPSA) is 29.5 Å². The van der Waals surface area contributed by atoms with Crippen LogP contribution in [0.4, 0.5) is 0 Å². The molecule has 1 aliphatic rings. The van der Waals surface area contributed by atoms with Gasteiger partial charge in [0.05, 0.1) is 12.5 Å². The van der Waals surface area contributed by atoms with Crippen LogP contribution in [0.5, 0.6) is 11.5 Å². The van der Waals surface area contributed by atoms with E-state index < -0.39 is 5.41 Å². The van der Waals surface area contributed by atoms with Crippen molar-refractivity contribution in [3.05, 3.63) is 118 Å². The van der Waals surface area contributed by atoms with Gasteiger partial charge in [0.15, 0.2) is 0 Å². The second-order valence-electron chi connectivity index (χ2n) is 8.12. The van der Waals surface area contributed by atoms with Gasteiger partial charge in [0, 0.05) is 0 Å². The first-order chi connectivity index (χ1) is 14.5. The van der Waals surface area contributed by atoms with Crippen LogP contribution in [0.2, 0.25) is 0 Å². The quantitative estimate of drug-likeness (QED) is 0.386. The molecule has 0 fully saturated rings. The van der Waals surface area contributed by atoms with Crippen molar-refractivity contribution in [2.75, 3.05) is 7.11 Å². The van der Waals surface area contributed by atoms with Crippen LogP contribution in [0.3, 0.4) is 0 Å². The molecular weight excluding hydrogens is 368 g/mol. The monoisotopic (exact) mass is 392 g/mol. The zero-order valence-corrected chi connectivity index (χ0v) is 17.4. The van der Waals surface area contributed by atoms with E-state index >= 15 is 0 Å². The largest absolute Gasteiger partial charge is 0.508 e. The minimum absolute atomic E-state index is 0.274. The number of fused-ring (bicyclic) bond motifs is 3. The summed E-state index contributed by atoms with van der Waals surface area (Å²) in [5, 5.41) is 9.98. The summed E-state index contributed by atoms with van der Waals surface area (Å²) in [7, 11) is 1.69. The molecule has 2 heteroatoms. The summed E-state index contributed by atoms with van der Waals surface area (Å²) in [6, 6.07) is 29.5. The average molecular weight is 392 g/mol. The van der Waals surface area contributed by atoms with Crippen molar-refractivity contribution in [1.29, 1.82) is 0 Å². The normalized spacial score (nSPS) is 13.6. The third kappa shape index (κ3) is 2.57. The van der Waals surface area contributed by atoms with Crippen LogP contribution >= 0.6 is 0 Å². The van der Waals surface area contributed by atoms with E-state index in [1.165, 1.54) is 38.9 Å². The van der Waals surface area contributed by atoms with E-state index in [1.807, 2.05) is 24.3 Å². The first-order valence-corrected chi connectivity index (χ1v) is 10.2. The van der Waals surface area contributed by atoms with E-state index in [2.05, 4.69) is 62.4 Å². The summed E-state index contributed by atoms with van der Waals surface area (Å²) in [6.45, 7) is 4.29. The van der Waals surface area contributed by atoms with Crippen LogP contribution in [0.1, 0.15) is 33.4 Å². The van der Waals surface area contributed by atoms with Crippen molar-refractivity contribution in [2.45, 2.75) is 19.3 Å². The molecule has 0 unspecified atom stereocenters. The number of aromatic hydroxyl groups is 1. The molecule has 1 N–H and O–H groups in total. The Morgan fingerprint density at radius 1 is 0.633 bits per heavy atom. The molecule has 2 nitrogen and oxygen atoms in total. The second kappa shape index (κ2) is 6.77. The van der Waals surface area contributed by atoms with Crippen molar-refractivity contribution in [2.24, 2.45) is 0 Å². The molecule has 5 rings (SSSR count). The van der Waals surface area contributed by atoms with Gasteiger partial charge >= 0.3 is 0 Å². The maximum atomic E-state index is 9.98. The molecule has 0 atom stereocenters. The number of benzene rings is 4. The van der Waals surface area contributed by atoms with E-state index in [0.717, 1.165) is 11.3 Å². The molecule has 0 spiro atoms. The Morgan fingerprint density at radius 2 is 1.10 bits per heavy atom. The molecule has 0 saturated heterocycles. The lowest BCUT2D eigenvalue weighted by molar-refractivity contribution is 0.414. The number of phenolic OH excluding ortho intramolecular Hbond substituents is 1. The lowest BCUT2D eigenvalue weighted by Crippen LogP contribution is -2.28. The smallest absolute Gasteiger partial charge is 0.118 e. The molecule has 4 aromatic carbocycles. The first-order valence-electron chi connectivity index (χ1n) is 10.2. The highest BCUT2D eigenvalue weighted by Crippen LogP contribution is 2.56. The minimum Gasteiger partial charge on any atom is -0.508 e. The van der Waals surface area contributed by atoms with Gasteiger partial charge in [-0.2, -0.15) is 0 Å². The summed E-state index contributed by atoms with van der Waals surface area (Å²) in [5.74, 6) is 1.11. The molecule has 0 aliphatic heterocycles. The predicted octanol–water partition coefficient (Wildman–Crippen LogP) is 6.38. The zero-order valence-electron chi connectivity index (χ0n) is 17.4. The van der Waals surface area contributed by atoms with E-state index in [1.54, 1.807) is 19.2 Å². The van der Waals surface area contributed by atoms with Gasteiger partial charge in [0.1, 0.15) is 11.5 Å². The number of rotatable bonds is 3. The molecule has 0 aromatic heterocycles. The Bertz CT molecular complexity index is 1180. The van der Waals surface area contributed by atoms with Crippen molar-refractivity contribution in [1.82, 2.24) is 0 Å². The number of hydrogen-bond donors (Lipinski definition) is 1. The Labute approximate surface area is 177 Å². The lowest BCUT2D eigenvalue weighted by atomic mass is 9.67. The van der Waals surface area contributed by atoms with Crippen molar-refractivity contribution < 1.29 is 9.84 Å². The van der Waals surface area contributed by atoms with E-state index in [4.69, 9.17) is 4.74 Å². The van der Waals surface area contributed by atoms with Crippen LogP contribution in [0.15, 0.2) is 84.9 Å². The zero-order chi connectivity index (χ0) is 20.9. The third-order valence-electron chi connectivity index (χ3n) is 6.27. The Morgan fingerprint density at radius 3 is 1.57 bits per heavy atom. The molecule has 4 aromatic rings. The summed E-state index contributed by atoms with van der Waals surface area (Å²) in [5.41, 5.74) is 9.41. The van der Waals surface area contributed by atoms with Crippen LogP contribution in [-0.4, -0.2) is 12.2 Å². The SMILES string of the molecule is COc1ccc(C2(c3ccc(O)cc3)c3cc(C)ccc3-c3ccc(C)cc32)cc1. The van der Waals surface area contributed by atoms with Crippen LogP contribution in [0.25, 0.3) is 11.1 Å². The standard InChI is InChI=1S/C28H24O2/c1-18-4-14-24-25-15-5-19(2)17-27(25)28(26(24)16-18,20-6-10-22(29)11-7-20)21-8-12-23(30-3)13-9-21/h4-17,29H,1-3H3. The van der Waals surface area contributed by atoms with Gasteiger partial charge in [0.2, 0.25) is 0 Å². The molecule has 0 amide bonds. The maximum absolute atomic E-state index is 9.98. The van der Waals surface area contributed by atoms with Crippen molar-refractivity contribution in [3.63, 3.8) is 0 Å². The van der Waals surface area contributed by atoms with Gasteiger partial charge in [-0.3, -0.25) is 0 Å². The molecule has 0 heterocycles. The van der Waals surface area contributed by atoms with Gasteiger partial charge in [-0.25, -0.2) is 0 Å². The number of hydrogen-bond acceptors (Lipinski definition) is 2. The van der Waals surface area contributed by atoms with Crippen LogP contribution < -0.4 is 4.74 Å². The molecular formula is C28H24O2. The second-order valence-corrected chi connectivity index (χ2v) is 8.12. The predicted molar refractivity (Wildman–Crippen MR) is 121 cm³/mol. The fourth-order valence-corrected chi connectivity index (χ4v) is 4.89. The van der Waals surface area contributed by atoms with Crippen molar-refractivity contribution >= 4 is 0 Å². The Hall–Kier alpha value is -3.52. The highest BCUT2D eigenvalue weighted by atomic mass is 16.5. The first kappa shape index (κ1) is 18.5. The van der Waals surface area contributed by atoms with E-state index in [-0.39, 0.29) is 5.75 Å². The third-order valence-corrected chi connectivity index (χ3v) is 6.27. The fourth-order valence-electron chi connectivity index (χ4n) is 4.89. The average Bonchev–Trinajstić information content (AvgIpc) is 3.04. The highest BCUT2D eigenvalue weighted by molar-refractivity contribution is 5.86. The minimum atomic E-state index is -0.456. The van der Waals surface area contributed by atoms with Gasteiger partial charge in [-0.05, 0) is 71.5 Å². The summed E-state index contributed by atoms with van der Waals surface area (Å²) < 4.78 is 5.43. The molecule has 0 saturated carbocycles. The molecule has 1 aliphatic carbocycles. The van der Waals surface area contributed by atoms with Gasteiger partial charge in [-0.15, -0.1) is 0 Å². The summed E-state index contributed by atoms with van der Waals surface area (Å²) in [6.07, 6.45) is 0. The molecule has 0 bridgehead atoms. The number of phenols is 1. The molecule has 0 radical (unpaired) electrons. The number of methoxy groups -OCH3 is 1. The maximum Gasteiger partial charge on any atom is 0.118 e. The number of aryl methyl sites for hydroxylation is 2. The van der Waals surface area contributed by atoms with Crippen molar-refractivity contribution in [3.8, 4) is 22.6 Å². The van der Waals surface area contributed by atoms with E-state index in [0.29, 0.717) is 0 Å². The Balaban J connectivity index is 1.94. The van der Waals surface area contributed by atoms with Crippen LogP contribution in [0, 0.1) is 13.8 Å². The highest BCUT2D eigenvalue weighted by Gasteiger charge is 2.46. The van der Waals surface area contributed by atoms with Gasteiger partial charge in [0.25, 0.3) is 0 Å². The fraction of sp³-hybridized carbons (Fsp3) is 0.143. The van der Waals surface area contributed by atoms with Gasteiger partial charge < -0.3 is 9.84 Å². The Kier molecular flexibility index (Phi) is 4.18. The summed E-state index contributed by atoms with van der Waals surface area (Å²) >= 11 is 0. The van der Waals surface area contributed by atoms with E-state index in [9.17, 15) is 5.11 Å². The van der Waals surface area contributed by atoms with Gasteiger partial charge in [-0.1, -0.05) is 71.8 Å².